The molecule has 2 aromatic carbocycles. The molecule has 156 valence electrons. The molecule has 2 aliphatic heterocycles. The maximum atomic E-state index is 6.26. The Morgan fingerprint density at radius 3 is 2.57 bits per heavy atom. The summed E-state index contributed by atoms with van der Waals surface area (Å²) in [6, 6.07) is 23.5. The fourth-order valence-corrected chi connectivity index (χ4v) is 5.33. The van der Waals surface area contributed by atoms with E-state index in [1.165, 1.54) is 36.9 Å². The quantitative estimate of drug-likeness (QED) is 0.565. The molecule has 0 N–H and O–H groups in total. The molecular formula is C26H31N3O. The van der Waals surface area contributed by atoms with Gasteiger partial charge in [0.15, 0.2) is 0 Å². The average molecular weight is 402 g/mol. The first kappa shape index (κ1) is 19.5. The number of para-hydroxylation sites is 1. The topological polar surface area (TPSA) is 30.3 Å². The standard InChI is InChI=1S/C26H31N3O/c1-3-8-22(9-4-1)13-15-26(25-12-7-19-30-25)16-18-28(21-26)20-24-14-17-27-29(24)23-10-5-2-6-11-23/h1-6,8-11,14,17,25H,7,12-13,15-16,18-21H2. The van der Waals surface area contributed by atoms with Crippen molar-refractivity contribution in [2.75, 3.05) is 19.7 Å². The largest absolute Gasteiger partial charge is 0.378 e. The lowest BCUT2D eigenvalue weighted by Crippen LogP contribution is -2.38. The Kier molecular flexibility index (Phi) is 5.69. The van der Waals surface area contributed by atoms with Crippen molar-refractivity contribution in [3.8, 4) is 5.69 Å². The fraction of sp³-hybridized carbons (Fsp3) is 0.423. The molecule has 2 unspecified atom stereocenters. The predicted octanol–water partition coefficient (Wildman–Crippen LogP) is 4.88. The fourth-order valence-electron chi connectivity index (χ4n) is 5.33. The van der Waals surface area contributed by atoms with E-state index in [0.29, 0.717) is 6.10 Å². The van der Waals surface area contributed by atoms with Crippen LogP contribution in [0, 0.1) is 5.41 Å². The number of likely N-dealkylation sites (tertiary alicyclic amines) is 1. The van der Waals surface area contributed by atoms with E-state index in [1.54, 1.807) is 0 Å². The number of nitrogens with zero attached hydrogens (tertiary/aromatic N) is 3. The van der Waals surface area contributed by atoms with E-state index in [0.717, 1.165) is 38.3 Å². The number of aromatic nitrogens is 2. The van der Waals surface area contributed by atoms with E-state index < -0.39 is 0 Å². The Labute approximate surface area is 179 Å². The lowest BCUT2D eigenvalue weighted by molar-refractivity contribution is -0.00189. The van der Waals surface area contributed by atoms with E-state index >= 15 is 0 Å². The summed E-state index contributed by atoms with van der Waals surface area (Å²) >= 11 is 0. The Balaban J connectivity index is 1.31. The van der Waals surface area contributed by atoms with Crippen LogP contribution in [0.3, 0.4) is 0 Å². The van der Waals surface area contributed by atoms with Gasteiger partial charge in [0.05, 0.1) is 17.5 Å². The number of aryl methyl sites for hydroxylation is 1. The molecule has 0 amide bonds. The lowest BCUT2D eigenvalue weighted by atomic mass is 9.75. The van der Waals surface area contributed by atoms with E-state index in [-0.39, 0.29) is 5.41 Å². The van der Waals surface area contributed by atoms with Gasteiger partial charge in [-0.3, -0.25) is 4.90 Å². The Morgan fingerprint density at radius 1 is 1.00 bits per heavy atom. The van der Waals surface area contributed by atoms with Gasteiger partial charge in [-0.05, 0) is 62.4 Å². The summed E-state index contributed by atoms with van der Waals surface area (Å²) in [6.07, 6.45) is 8.31. The smallest absolute Gasteiger partial charge is 0.0649 e. The molecule has 0 aliphatic carbocycles. The zero-order valence-corrected chi connectivity index (χ0v) is 17.6. The minimum absolute atomic E-state index is 0.268. The van der Waals surface area contributed by atoms with Gasteiger partial charge in [-0.2, -0.15) is 5.10 Å². The molecule has 4 nitrogen and oxygen atoms in total. The molecule has 4 heteroatoms. The number of benzene rings is 2. The van der Waals surface area contributed by atoms with Crippen LogP contribution in [-0.4, -0.2) is 40.5 Å². The van der Waals surface area contributed by atoms with E-state index in [2.05, 4.69) is 81.4 Å². The minimum Gasteiger partial charge on any atom is -0.378 e. The predicted molar refractivity (Wildman–Crippen MR) is 120 cm³/mol. The molecule has 0 radical (unpaired) electrons. The molecule has 3 aromatic rings. The van der Waals surface area contributed by atoms with Crippen molar-refractivity contribution in [2.24, 2.45) is 5.41 Å². The number of hydrogen-bond acceptors (Lipinski definition) is 3. The zero-order valence-electron chi connectivity index (χ0n) is 17.6. The maximum Gasteiger partial charge on any atom is 0.0649 e. The van der Waals surface area contributed by atoms with Crippen molar-refractivity contribution in [3.05, 3.63) is 84.2 Å². The molecule has 0 saturated carbocycles. The van der Waals surface area contributed by atoms with Crippen LogP contribution in [0.5, 0.6) is 0 Å². The van der Waals surface area contributed by atoms with Gasteiger partial charge in [-0.15, -0.1) is 0 Å². The maximum absolute atomic E-state index is 6.26. The van der Waals surface area contributed by atoms with Crippen LogP contribution >= 0.6 is 0 Å². The van der Waals surface area contributed by atoms with Gasteiger partial charge in [0, 0.05) is 31.3 Å². The first-order chi connectivity index (χ1) is 14.8. The Morgan fingerprint density at radius 2 is 1.80 bits per heavy atom. The number of ether oxygens (including phenoxy) is 1. The van der Waals surface area contributed by atoms with Crippen LogP contribution in [0.15, 0.2) is 72.9 Å². The SMILES string of the molecule is c1ccc(CCC2(C3CCCO3)CCN(Cc3ccnn3-c3ccccc3)C2)cc1. The van der Waals surface area contributed by atoms with Gasteiger partial charge in [0.2, 0.25) is 0 Å². The highest BCUT2D eigenvalue weighted by molar-refractivity contribution is 5.32. The minimum atomic E-state index is 0.268. The first-order valence-electron chi connectivity index (χ1n) is 11.3. The summed E-state index contributed by atoms with van der Waals surface area (Å²) in [6.45, 7) is 4.12. The van der Waals surface area contributed by atoms with Gasteiger partial charge >= 0.3 is 0 Å². The molecule has 0 spiro atoms. The lowest BCUT2D eigenvalue weighted by Gasteiger charge is -2.35. The second-order valence-corrected chi connectivity index (χ2v) is 8.88. The first-order valence-corrected chi connectivity index (χ1v) is 11.3. The van der Waals surface area contributed by atoms with Gasteiger partial charge in [-0.1, -0.05) is 48.5 Å². The van der Waals surface area contributed by atoms with Crippen molar-refractivity contribution in [3.63, 3.8) is 0 Å². The van der Waals surface area contributed by atoms with Gasteiger partial charge < -0.3 is 4.74 Å². The molecule has 30 heavy (non-hydrogen) atoms. The van der Waals surface area contributed by atoms with E-state index in [9.17, 15) is 0 Å². The van der Waals surface area contributed by atoms with Crippen LogP contribution in [0.1, 0.15) is 36.9 Å². The van der Waals surface area contributed by atoms with Gasteiger partial charge in [0.1, 0.15) is 0 Å². The van der Waals surface area contributed by atoms with Crippen LogP contribution in [0.4, 0.5) is 0 Å². The molecule has 0 bridgehead atoms. The Bertz CT molecular complexity index is 933. The normalized spacial score (nSPS) is 24.5. The summed E-state index contributed by atoms with van der Waals surface area (Å²) in [4.78, 5) is 2.61. The second kappa shape index (κ2) is 8.75. The molecule has 3 heterocycles. The summed E-state index contributed by atoms with van der Waals surface area (Å²) in [5, 5.41) is 4.58. The third-order valence-electron chi connectivity index (χ3n) is 6.94. The van der Waals surface area contributed by atoms with Crippen LogP contribution < -0.4 is 0 Å². The molecule has 2 atom stereocenters. The van der Waals surface area contributed by atoms with E-state index in [1.807, 2.05) is 6.20 Å². The molecule has 2 saturated heterocycles. The second-order valence-electron chi connectivity index (χ2n) is 8.88. The van der Waals surface area contributed by atoms with E-state index in [4.69, 9.17) is 4.74 Å². The number of hydrogen-bond donors (Lipinski definition) is 0. The molecular weight excluding hydrogens is 370 g/mol. The number of rotatable bonds is 7. The van der Waals surface area contributed by atoms with Crippen molar-refractivity contribution in [1.29, 1.82) is 0 Å². The molecule has 2 aliphatic rings. The average Bonchev–Trinajstić information content (AvgIpc) is 3.56. The van der Waals surface area contributed by atoms with Crippen molar-refractivity contribution in [1.82, 2.24) is 14.7 Å². The van der Waals surface area contributed by atoms with Crippen LogP contribution in [0.2, 0.25) is 0 Å². The van der Waals surface area contributed by atoms with Crippen LogP contribution in [0.25, 0.3) is 5.69 Å². The highest BCUT2D eigenvalue weighted by Crippen LogP contribution is 2.44. The summed E-state index contributed by atoms with van der Waals surface area (Å²) in [5.41, 5.74) is 4.10. The molecule has 2 fully saturated rings. The van der Waals surface area contributed by atoms with Gasteiger partial charge in [0.25, 0.3) is 0 Å². The van der Waals surface area contributed by atoms with Crippen molar-refractivity contribution < 1.29 is 4.74 Å². The summed E-state index contributed by atoms with van der Waals surface area (Å²) in [7, 11) is 0. The van der Waals surface area contributed by atoms with Crippen molar-refractivity contribution >= 4 is 0 Å². The zero-order chi connectivity index (χ0) is 20.2. The highest BCUT2D eigenvalue weighted by Gasteiger charge is 2.45. The third kappa shape index (κ3) is 4.07. The Hall–Kier alpha value is -2.43. The summed E-state index contributed by atoms with van der Waals surface area (Å²) in [5.74, 6) is 0. The van der Waals surface area contributed by atoms with Crippen LogP contribution in [-0.2, 0) is 17.7 Å². The monoisotopic (exact) mass is 401 g/mol. The van der Waals surface area contributed by atoms with Crippen molar-refractivity contribution in [2.45, 2.75) is 44.8 Å². The molecule has 1 aromatic heterocycles. The third-order valence-corrected chi connectivity index (χ3v) is 6.94. The van der Waals surface area contributed by atoms with Gasteiger partial charge in [-0.25, -0.2) is 4.68 Å². The molecule has 5 rings (SSSR count). The highest BCUT2D eigenvalue weighted by atomic mass is 16.5. The summed E-state index contributed by atoms with van der Waals surface area (Å²) < 4.78 is 8.34.